The normalized spacial score (nSPS) is 10.3. The van der Waals surface area contributed by atoms with E-state index in [0.29, 0.717) is 0 Å². The number of nitrogens with one attached hydrogen (secondary N) is 1. The highest BCUT2D eigenvalue weighted by atomic mass is 19.1. The number of hydrogen-bond acceptors (Lipinski definition) is 1. The van der Waals surface area contributed by atoms with Crippen molar-refractivity contribution in [1.29, 1.82) is 0 Å². The van der Waals surface area contributed by atoms with Crippen LogP contribution in [0.1, 0.15) is 16.7 Å². The lowest BCUT2D eigenvalue weighted by atomic mass is 10.0. The van der Waals surface area contributed by atoms with E-state index in [1.165, 1.54) is 6.07 Å². The third kappa shape index (κ3) is 3.41. The molecule has 0 heterocycles. The number of anilines is 1. The first-order chi connectivity index (χ1) is 9.06. The molecule has 0 spiro atoms. The van der Waals surface area contributed by atoms with Gasteiger partial charge in [0.2, 0.25) is 5.91 Å². The van der Waals surface area contributed by atoms with Gasteiger partial charge >= 0.3 is 0 Å². The molecule has 0 saturated heterocycles. The number of carbonyl (C=O) groups excluding carboxylic acids is 1. The minimum atomic E-state index is -0.420. The number of para-hydroxylation sites is 1. The van der Waals surface area contributed by atoms with Crippen molar-refractivity contribution < 1.29 is 9.18 Å². The molecule has 0 aromatic heterocycles. The summed E-state index contributed by atoms with van der Waals surface area (Å²) in [6.07, 6.45) is 0.252. The van der Waals surface area contributed by atoms with Gasteiger partial charge in [0.15, 0.2) is 0 Å². The van der Waals surface area contributed by atoms with Crippen molar-refractivity contribution in [2.75, 3.05) is 5.32 Å². The van der Waals surface area contributed by atoms with Crippen molar-refractivity contribution in [3.63, 3.8) is 0 Å². The number of hydrogen-bond donors (Lipinski definition) is 1. The van der Waals surface area contributed by atoms with Crippen LogP contribution in [0.4, 0.5) is 10.1 Å². The number of carbonyl (C=O) groups is 1. The van der Waals surface area contributed by atoms with Gasteiger partial charge in [-0.1, -0.05) is 35.9 Å². The Hall–Kier alpha value is -2.16. The van der Waals surface area contributed by atoms with Crippen LogP contribution in [0.3, 0.4) is 0 Å². The zero-order valence-electron chi connectivity index (χ0n) is 11.0. The lowest BCUT2D eigenvalue weighted by Crippen LogP contribution is -2.16. The van der Waals surface area contributed by atoms with Crippen molar-refractivity contribution in [3.05, 3.63) is 65.0 Å². The molecule has 2 rings (SSSR count). The second kappa shape index (κ2) is 5.65. The maximum atomic E-state index is 13.4. The Kier molecular flexibility index (Phi) is 3.95. The fraction of sp³-hybridized carbons (Fsp3) is 0.188. The molecule has 0 saturated carbocycles. The molecule has 3 heteroatoms. The van der Waals surface area contributed by atoms with Crippen LogP contribution in [0.15, 0.2) is 42.5 Å². The molecule has 19 heavy (non-hydrogen) atoms. The van der Waals surface area contributed by atoms with Crippen LogP contribution in [-0.2, 0) is 11.2 Å². The first kappa shape index (κ1) is 13.3. The first-order valence-corrected chi connectivity index (χ1v) is 6.17. The highest BCUT2D eigenvalue weighted by Gasteiger charge is 2.09. The van der Waals surface area contributed by atoms with Gasteiger partial charge in [-0.2, -0.15) is 0 Å². The molecular weight excluding hydrogens is 241 g/mol. The Morgan fingerprint density at radius 1 is 1.16 bits per heavy atom. The summed E-state index contributed by atoms with van der Waals surface area (Å²) in [6.45, 7) is 3.95. The van der Waals surface area contributed by atoms with Crippen LogP contribution >= 0.6 is 0 Å². The number of aryl methyl sites for hydroxylation is 2. The molecule has 0 radical (unpaired) electrons. The van der Waals surface area contributed by atoms with Gasteiger partial charge in [-0.05, 0) is 37.1 Å². The number of rotatable bonds is 3. The number of benzene rings is 2. The van der Waals surface area contributed by atoms with Gasteiger partial charge in [-0.3, -0.25) is 4.79 Å². The first-order valence-electron chi connectivity index (χ1n) is 6.17. The minimum absolute atomic E-state index is 0.209. The third-order valence-electron chi connectivity index (χ3n) is 3.00. The third-order valence-corrected chi connectivity index (χ3v) is 3.00. The number of halogens is 1. The van der Waals surface area contributed by atoms with E-state index >= 15 is 0 Å². The quantitative estimate of drug-likeness (QED) is 0.894. The van der Waals surface area contributed by atoms with Crippen LogP contribution in [0, 0.1) is 19.7 Å². The fourth-order valence-electron chi connectivity index (χ4n) is 1.92. The van der Waals surface area contributed by atoms with E-state index in [9.17, 15) is 9.18 Å². The molecule has 0 aliphatic carbocycles. The van der Waals surface area contributed by atoms with Crippen molar-refractivity contribution >= 4 is 11.6 Å². The van der Waals surface area contributed by atoms with Gasteiger partial charge < -0.3 is 5.32 Å². The largest absolute Gasteiger partial charge is 0.323 e. The summed E-state index contributed by atoms with van der Waals surface area (Å²) in [5, 5.41) is 2.59. The Balaban J connectivity index is 2.10. The summed E-state index contributed by atoms with van der Waals surface area (Å²) in [6, 6.07) is 12.1. The van der Waals surface area contributed by atoms with Crippen molar-refractivity contribution in [3.8, 4) is 0 Å². The summed E-state index contributed by atoms with van der Waals surface area (Å²) in [4.78, 5) is 11.9. The molecule has 2 aromatic rings. The molecule has 0 aliphatic heterocycles. The maximum absolute atomic E-state index is 13.4. The molecule has 2 nitrogen and oxygen atoms in total. The van der Waals surface area contributed by atoms with Gasteiger partial charge in [0.25, 0.3) is 0 Å². The summed E-state index contributed by atoms with van der Waals surface area (Å²) < 4.78 is 13.4. The van der Waals surface area contributed by atoms with Gasteiger partial charge in [0.1, 0.15) is 5.82 Å². The van der Waals surface area contributed by atoms with E-state index in [-0.39, 0.29) is 18.0 Å². The van der Waals surface area contributed by atoms with Gasteiger partial charge in [-0.15, -0.1) is 0 Å². The van der Waals surface area contributed by atoms with Crippen LogP contribution in [0.25, 0.3) is 0 Å². The summed E-state index contributed by atoms with van der Waals surface area (Å²) in [5.74, 6) is -0.629. The molecular formula is C16H16FNO. The SMILES string of the molecule is Cc1ccc(C)c(CC(=O)Nc2ccccc2F)c1. The van der Waals surface area contributed by atoms with E-state index in [0.717, 1.165) is 16.7 Å². The standard InChI is InChI=1S/C16H16FNO/c1-11-7-8-12(2)13(9-11)10-16(19)18-15-6-4-3-5-14(15)17/h3-9H,10H2,1-2H3,(H,18,19). The molecule has 0 unspecified atom stereocenters. The molecule has 98 valence electrons. The van der Waals surface area contributed by atoms with E-state index in [2.05, 4.69) is 5.32 Å². The lowest BCUT2D eigenvalue weighted by Gasteiger charge is -2.09. The smallest absolute Gasteiger partial charge is 0.228 e. The topological polar surface area (TPSA) is 29.1 Å². The highest BCUT2D eigenvalue weighted by Crippen LogP contribution is 2.15. The van der Waals surface area contributed by atoms with Gasteiger partial charge in [0, 0.05) is 0 Å². The second-order valence-electron chi connectivity index (χ2n) is 4.63. The predicted octanol–water partition coefficient (Wildman–Crippen LogP) is 3.62. The zero-order chi connectivity index (χ0) is 13.8. The number of amides is 1. The average Bonchev–Trinajstić information content (AvgIpc) is 2.37. The van der Waals surface area contributed by atoms with Gasteiger partial charge in [-0.25, -0.2) is 4.39 Å². The van der Waals surface area contributed by atoms with Gasteiger partial charge in [0.05, 0.1) is 12.1 Å². The van der Waals surface area contributed by atoms with E-state index in [1.807, 2.05) is 32.0 Å². The van der Waals surface area contributed by atoms with Crippen molar-refractivity contribution in [1.82, 2.24) is 0 Å². The predicted molar refractivity (Wildman–Crippen MR) is 74.6 cm³/mol. The molecule has 0 fully saturated rings. The fourth-order valence-corrected chi connectivity index (χ4v) is 1.92. The van der Waals surface area contributed by atoms with E-state index in [4.69, 9.17) is 0 Å². The van der Waals surface area contributed by atoms with Crippen molar-refractivity contribution in [2.45, 2.75) is 20.3 Å². The molecule has 0 bridgehead atoms. The summed E-state index contributed by atoms with van der Waals surface area (Å²) >= 11 is 0. The maximum Gasteiger partial charge on any atom is 0.228 e. The molecule has 0 atom stereocenters. The second-order valence-corrected chi connectivity index (χ2v) is 4.63. The molecule has 1 amide bonds. The van der Waals surface area contributed by atoms with Crippen LogP contribution in [0.5, 0.6) is 0 Å². The van der Waals surface area contributed by atoms with E-state index in [1.54, 1.807) is 18.2 Å². The lowest BCUT2D eigenvalue weighted by molar-refractivity contribution is -0.115. The Morgan fingerprint density at radius 3 is 2.63 bits per heavy atom. The Labute approximate surface area is 112 Å². The Morgan fingerprint density at radius 2 is 1.89 bits per heavy atom. The monoisotopic (exact) mass is 257 g/mol. The summed E-state index contributed by atoms with van der Waals surface area (Å²) in [5.41, 5.74) is 3.36. The van der Waals surface area contributed by atoms with Crippen LogP contribution < -0.4 is 5.32 Å². The molecule has 0 aliphatic rings. The van der Waals surface area contributed by atoms with E-state index < -0.39 is 5.82 Å². The van der Waals surface area contributed by atoms with Crippen LogP contribution in [0.2, 0.25) is 0 Å². The minimum Gasteiger partial charge on any atom is -0.323 e. The molecule has 1 N–H and O–H groups in total. The Bertz CT molecular complexity index is 607. The average molecular weight is 257 g/mol. The summed E-state index contributed by atoms with van der Waals surface area (Å²) in [7, 11) is 0. The van der Waals surface area contributed by atoms with Crippen LogP contribution in [-0.4, -0.2) is 5.91 Å². The zero-order valence-corrected chi connectivity index (χ0v) is 11.0. The highest BCUT2D eigenvalue weighted by molar-refractivity contribution is 5.92. The molecule has 2 aromatic carbocycles. The van der Waals surface area contributed by atoms with Crippen molar-refractivity contribution in [2.24, 2.45) is 0 Å².